The first-order valence-electron chi connectivity index (χ1n) is 13.7. The smallest absolute Gasteiger partial charge is 0.323 e. The Morgan fingerprint density at radius 1 is 0.929 bits per heavy atom. The Bertz CT molecular complexity index is 1590. The number of nitrogens with zero attached hydrogens (tertiary/aromatic N) is 2. The number of hydrogen-bond acceptors (Lipinski definition) is 6. The molecule has 12 nitrogen and oxygen atoms in total. The quantitative estimate of drug-likeness (QED) is 0.135. The molecule has 8 N–H and O–H groups in total. The van der Waals surface area contributed by atoms with Crippen molar-refractivity contribution in [2.45, 2.75) is 43.9 Å². The normalized spacial score (nSPS) is 13.4. The maximum absolute atomic E-state index is 13.4. The van der Waals surface area contributed by atoms with Crippen LogP contribution in [0.1, 0.15) is 17.5 Å². The van der Waals surface area contributed by atoms with Crippen molar-refractivity contribution in [1.82, 2.24) is 25.1 Å². The number of nitrogens with two attached hydrogens (primary N) is 2. The summed E-state index contributed by atoms with van der Waals surface area (Å²) < 4.78 is 1.60. The monoisotopic (exact) mass is 575 g/mol. The standard InChI is InChI=1S/C30H37N7O5/c1-36(2)30(42)25(14-19-16-37(17-27(38)39)26-10-6-4-8-21(19)26)35-29(41)24(11-12-31)34-28(40)22(32)13-18-15-33-23-9-5-3-7-20(18)23/h3-10,15-16,22,24-25,33H,11-14,17,31-32H2,1-2H3,(H,34,40)(H,35,41)(H,38,39)/t22-,24-,25-/m0/s1. The summed E-state index contributed by atoms with van der Waals surface area (Å²) in [7, 11) is 3.16. The second kappa shape index (κ2) is 13.3. The Hall–Kier alpha value is -4.68. The molecule has 3 atom stereocenters. The topological polar surface area (TPSA) is 189 Å². The number of carbonyl (C=O) groups excluding carboxylic acids is 3. The molecule has 0 unspecified atom stereocenters. The van der Waals surface area contributed by atoms with Crippen LogP contribution in [-0.4, -0.2) is 82.0 Å². The summed E-state index contributed by atoms with van der Waals surface area (Å²) >= 11 is 0. The average Bonchev–Trinajstić information content (AvgIpc) is 3.52. The second-order valence-corrected chi connectivity index (χ2v) is 10.5. The predicted octanol–water partition coefficient (Wildman–Crippen LogP) is 0.726. The molecule has 0 aliphatic carbocycles. The van der Waals surface area contributed by atoms with Gasteiger partial charge in [0.1, 0.15) is 18.6 Å². The fraction of sp³-hybridized carbons (Fsp3) is 0.333. The van der Waals surface area contributed by atoms with Gasteiger partial charge in [0.2, 0.25) is 17.7 Å². The van der Waals surface area contributed by atoms with Crippen LogP contribution in [0, 0.1) is 0 Å². The van der Waals surface area contributed by atoms with E-state index in [1.54, 1.807) is 37.0 Å². The molecule has 0 radical (unpaired) electrons. The van der Waals surface area contributed by atoms with Crippen LogP contribution in [0.5, 0.6) is 0 Å². The van der Waals surface area contributed by atoms with Crippen LogP contribution >= 0.6 is 0 Å². The number of fused-ring (bicyclic) bond motifs is 2. The van der Waals surface area contributed by atoms with Crippen LogP contribution in [0.4, 0.5) is 0 Å². The van der Waals surface area contributed by atoms with Gasteiger partial charge in [0.05, 0.1) is 6.04 Å². The number of amides is 3. The maximum atomic E-state index is 13.4. The lowest BCUT2D eigenvalue weighted by Gasteiger charge is -2.25. The van der Waals surface area contributed by atoms with Crippen LogP contribution in [0.3, 0.4) is 0 Å². The van der Waals surface area contributed by atoms with Gasteiger partial charge in [-0.3, -0.25) is 19.2 Å². The first-order valence-corrected chi connectivity index (χ1v) is 13.7. The number of likely N-dealkylation sites (N-methyl/N-ethyl adjacent to an activating group) is 1. The molecule has 0 fully saturated rings. The van der Waals surface area contributed by atoms with Gasteiger partial charge in [0.15, 0.2) is 0 Å². The van der Waals surface area contributed by atoms with Crippen molar-refractivity contribution in [2.24, 2.45) is 11.5 Å². The SMILES string of the molecule is CN(C)C(=O)[C@H](Cc1cn(CC(=O)O)c2ccccc12)NC(=O)[C@H](CCN)NC(=O)[C@@H](N)Cc1c[nH]c2ccccc12. The number of carbonyl (C=O) groups is 4. The Morgan fingerprint density at radius 3 is 2.29 bits per heavy atom. The third-order valence-corrected chi connectivity index (χ3v) is 7.20. The number of benzene rings is 2. The van der Waals surface area contributed by atoms with Crippen LogP contribution < -0.4 is 22.1 Å². The number of aliphatic carboxylic acids is 1. The van der Waals surface area contributed by atoms with Gasteiger partial charge in [-0.2, -0.15) is 0 Å². The van der Waals surface area contributed by atoms with E-state index < -0.39 is 35.9 Å². The summed E-state index contributed by atoms with van der Waals surface area (Å²) in [6.07, 6.45) is 4.00. The average molecular weight is 576 g/mol. The molecule has 0 spiro atoms. The summed E-state index contributed by atoms with van der Waals surface area (Å²) in [5.41, 5.74) is 15.2. The molecule has 222 valence electrons. The number of aromatic amines is 1. The summed E-state index contributed by atoms with van der Waals surface area (Å²) in [5.74, 6) is -2.43. The zero-order valence-electron chi connectivity index (χ0n) is 23.7. The van der Waals surface area contributed by atoms with Gasteiger partial charge in [-0.15, -0.1) is 0 Å². The number of hydrogen-bond donors (Lipinski definition) is 6. The van der Waals surface area contributed by atoms with E-state index in [2.05, 4.69) is 15.6 Å². The van der Waals surface area contributed by atoms with E-state index in [0.29, 0.717) is 11.1 Å². The molecule has 4 rings (SSSR count). The minimum Gasteiger partial charge on any atom is -0.480 e. The predicted molar refractivity (Wildman–Crippen MR) is 159 cm³/mol. The minimum atomic E-state index is -1.01. The Kier molecular flexibility index (Phi) is 9.60. The molecule has 2 aromatic heterocycles. The molecule has 42 heavy (non-hydrogen) atoms. The highest BCUT2D eigenvalue weighted by molar-refractivity contribution is 5.94. The number of carboxylic acid groups (broad SMARTS) is 1. The molecule has 12 heteroatoms. The third kappa shape index (κ3) is 6.96. The molecule has 2 aromatic carbocycles. The van der Waals surface area contributed by atoms with E-state index in [9.17, 15) is 24.3 Å². The summed E-state index contributed by atoms with van der Waals surface area (Å²) in [5, 5.41) is 16.6. The molecule has 0 saturated carbocycles. The van der Waals surface area contributed by atoms with Crippen molar-refractivity contribution in [1.29, 1.82) is 0 Å². The zero-order chi connectivity index (χ0) is 30.4. The number of rotatable bonds is 13. The number of aromatic nitrogens is 2. The Balaban J connectivity index is 1.50. The van der Waals surface area contributed by atoms with Crippen LogP contribution in [0.2, 0.25) is 0 Å². The van der Waals surface area contributed by atoms with E-state index >= 15 is 0 Å². The van der Waals surface area contributed by atoms with Crippen molar-refractivity contribution in [2.75, 3.05) is 20.6 Å². The Morgan fingerprint density at radius 2 is 1.60 bits per heavy atom. The van der Waals surface area contributed by atoms with E-state index in [1.807, 2.05) is 42.6 Å². The molecule has 0 bridgehead atoms. The fourth-order valence-corrected chi connectivity index (χ4v) is 5.11. The van der Waals surface area contributed by atoms with Gasteiger partial charge in [-0.1, -0.05) is 36.4 Å². The van der Waals surface area contributed by atoms with Gasteiger partial charge in [0.25, 0.3) is 0 Å². The molecular formula is C30H37N7O5. The third-order valence-electron chi connectivity index (χ3n) is 7.20. The highest BCUT2D eigenvalue weighted by Crippen LogP contribution is 2.23. The van der Waals surface area contributed by atoms with Crippen molar-refractivity contribution in [3.05, 3.63) is 72.1 Å². The molecule has 4 aromatic rings. The first kappa shape index (κ1) is 30.3. The number of nitrogens with one attached hydrogen (secondary N) is 3. The summed E-state index contributed by atoms with van der Waals surface area (Å²) in [4.78, 5) is 55.6. The minimum absolute atomic E-state index is 0.110. The lowest BCUT2D eigenvalue weighted by molar-refractivity contribution is -0.137. The van der Waals surface area contributed by atoms with Gasteiger partial charge in [0, 0.05) is 54.7 Å². The fourth-order valence-electron chi connectivity index (χ4n) is 5.11. The first-order chi connectivity index (χ1) is 20.1. The number of para-hydroxylation sites is 2. The zero-order valence-corrected chi connectivity index (χ0v) is 23.7. The van der Waals surface area contributed by atoms with Crippen molar-refractivity contribution in [3.63, 3.8) is 0 Å². The van der Waals surface area contributed by atoms with Gasteiger partial charge in [-0.05, 0) is 42.6 Å². The molecule has 3 amide bonds. The molecular weight excluding hydrogens is 538 g/mol. The van der Waals surface area contributed by atoms with E-state index in [-0.39, 0.29) is 38.3 Å². The number of H-pyrrole nitrogens is 1. The molecule has 2 heterocycles. The second-order valence-electron chi connectivity index (χ2n) is 10.5. The number of carboxylic acids is 1. The van der Waals surface area contributed by atoms with Gasteiger partial charge in [-0.25, -0.2) is 0 Å². The van der Waals surface area contributed by atoms with E-state index in [1.165, 1.54) is 4.90 Å². The summed E-state index contributed by atoms with van der Waals surface area (Å²) in [6.45, 7) is -0.131. The summed E-state index contributed by atoms with van der Waals surface area (Å²) in [6, 6.07) is 12.1. The largest absolute Gasteiger partial charge is 0.480 e. The van der Waals surface area contributed by atoms with E-state index in [0.717, 1.165) is 21.9 Å². The van der Waals surface area contributed by atoms with Gasteiger partial charge < -0.3 is 41.7 Å². The maximum Gasteiger partial charge on any atom is 0.323 e. The van der Waals surface area contributed by atoms with Crippen LogP contribution in [0.25, 0.3) is 21.8 Å². The lowest BCUT2D eigenvalue weighted by atomic mass is 10.0. The van der Waals surface area contributed by atoms with Gasteiger partial charge >= 0.3 is 5.97 Å². The highest BCUT2D eigenvalue weighted by Gasteiger charge is 2.30. The Labute approximate surface area is 243 Å². The van der Waals surface area contributed by atoms with Crippen molar-refractivity contribution < 1.29 is 24.3 Å². The lowest BCUT2D eigenvalue weighted by Crippen LogP contribution is -2.56. The van der Waals surface area contributed by atoms with Crippen LogP contribution in [-0.2, 0) is 38.6 Å². The van der Waals surface area contributed by atoms with Crippen molar-refractivity contribution in [3.8, 4) is 0 Å². The molecule has 0 saturated heterocycles. The molecule has 0 aliphatic rings. The highest BCUT2D eigenvalue weighted by atomic mass is 16.4. The van der Waals surface area contributed by atoms with Crippen molar-refractivity contribution >= 4 is 45.5 Å². The van der Waals surface area contributed by atoms with Crippen LogP contribution in [0.15, 0.2) is 60.9 Å². The molecule has 0 aliphatic heterocycles. The van der Waals surface area contributed by atoms with E-state index in [4.69, 9.17) is 11.5 Å².